The van der Waals surface area contributed by atoms with Crippen molar-refractivity contribution in [3.63, 3.8) is 0 Å². The zero-order valence-corrected chi connectivity index (χ0v) is 39.2. The summed E-state index contributed by atoms with van der Waals surface area (Å²) >= 11 is 0. The van der Waals surface area contributed by atoms with Crippen LogP contribution in [-0.2, 0) is 0 Å². The summed E-state index contributed by atoms with van der Waals surface area (Å²) < 4.78 is 0. The van der Waals surface area contributed by atoms with Gasteiger partial charge in [-0.3, -0.25) is 0 Å². The molecule has 0 amide bonds. The van der Waals surface area contributed by atoms with Gasteiger partial charge in [-0.25, -0.2) is 0 Å². The quantitative estimate of drug-likeness (QED) is 0.146. The van der Waals surface area contributed by atoms with E-state index in [1.54, 1.807) is 0 Å². The maximum Gasteiger partial charge on any atom is -0.00201 e. The normalized spacial score (nSPS) is 12.2. The fourth-order valence-electron chi connectivity index (χ4n) is 12.9. The second-order valence-corrected chi connectivity index (χ2v) is 19.8. The molecule has 0 aliphatic carbocycles. The topological polar surface area (TPSA) is 0 Å². The van der Waals surface area contributed by atoms with E-state index in [4.69, 9.17) is 0 Å². The van der Waals surface area contributed by atoms with E-state index in [1.165, 1.54) is 164 Å². The van der Waals surface area contributed by atoms with Gasteiger partial charge in [0.15, 0.2) is 0 Å². The van der Waals surface area contributed by atoms with Crippen LogP contribution >= 0.6 is 0 Å². The SMILES string of the molecule is c1ccc(-c2ccc3ccc4c(-c5cc(-c6ccc7ccc8c(-c9ccccc9)ccc9ccc6c7c98)cc(-c6cc7ccc(-c8ccccc8)c8ccc9cccc6c9c78)c5)ccc5ccc2c3c54)cc1. The molecule has 0 saturated heterocycles. The van der Waals surface area contributed by atoms with Crippen LogP contribution in [0.2, 0.25) is 0 Å². The van der Waals surface area contributed by atoms with Crippen molar-refractivity contribution in [3.8, 4) is 66.8 Å². The largest absolute Gasteiger partial charge is 0.0622 e. The van der Waals surface area contributed by atoms with Crippen molar-refractivity contribution in [3.05, 3.63) is 255 Å². The molecule has 0 aliphatic rings. The molecule has 0 aliphatic heterocycles. The number of rotatable bonds is 6. The molecule has 0 nitrogen and oxygen atoms in total. The van der Waals surface area contributed by atoms with Gasteiger partial charge in [0, 0.05) is 0 Å². The van der Waals surface area contributed by atoms with Crippen molar-refractivity contribution < 1.29 is 0 Å². The minimum atomic E-state index is 1.21. The van der Waals surface area contributed by atoms with E-state index in [-0.39, 0.29) is 0 Å². The third-order valence-electron chi connectivity index (χ3n) is 16.1. The van der Waals surface area contributed by atoms with Crippen molar-refractivity contribution in [2.45, 2.75) is 0 Å². The molecule has 72 heavy (non-hydrogen) atoms. The monoisotopic (exact) mass is 906 g/mol. The highest BCUT2D eigenvalue weighted by Crippen LogP contribution is 2.49. The first kappa shape index (κ1) is 39.5. The maximum absolute atomic E-state index is 2.47. The van der Waals surface area contributed by atoms with Gasteiger partial charge in [0.2, 0.25) is 0 Å². The maximum atomic E-state index is 2.47. The van der Waals surface area contributed by atoms with Gasteiger partial charge in [0.25, 0.3) is 0 Å². The fourth-order valence-corrected chi connectivity index (χ4v) is 12.9. The molecule has 0 fully saturated rings. The fraction of sp³-hybridized carbons (Fsp3) is 0. The van der Waals surface area contributed by atoms with Crippen LogP contribution in [-0.4, -0.2) is 0 Å². The first-order valence-electron chi connectivity index (χ1n) is 25.1. The van der Waals surface area contributed by atoms with Gasteiger partial charge in [-0.05, 0) is 188 Å². The van der Waals surface area contributed by atoms with E-state index in [2.05, 4.69) is 255 Å². The van der Waals surface area contributed by atoms with E-state index in [0.29, 0.717) is 0 Å². The van der Waals surface area contributed by atoms with Gasteiger partial charge >= 0.3 is 0 Å². The summed E-state index contributed by atoms with van der Waals surface area (Å²) in [5.74, 6) is 0. The van der Waals surface area contributed by atoms with E-state index >= 15 is 0 Å². The second kappa shape index (κ2) is 15.1. The second-order valence-electron chi connectivity index (χ2n) is 19.8. The van der Waals surface area contributed by atoms with Gasteiger partial charge in [-0.2, -0.15) is 0 Å². The minimum Gasteiger partial charge on any atom is -0.0622 e. The Kier molecular flexibility index (Phi) is 8.26. The molecule has 16 aromatic carbocycles. The Morgan fingerprint density at radius 1 is 0.139 bits per heavy atom. The molecule has 0 N–H and O–H groups in total. The van der Waals surface area contributed by atoms with E-state index in [1.807, 2.05) is 0 Å². The molecule has 0 saturated carbocycles. The Morgan fingerprint density at radius 2 is 0.403 bits per heavy atom. The molecule has 16 aromatic rings. The Bertz CT molecular complexity index is 4600. The molecule has 0 unspecified atom stereocenters. The van der Waals surface area contributed by atoms with Crippen LogP contribution < -0.4 is 0 Å². The van der Waals surface area contributed by atoms with Gasteiger partial charge in [-0.1, -0.05) is 231 Å². The number of hydrogen-bond donors (Lipinski definition) is 0. The van der Waals surface area contributed by atoms with Crippen LogP contribution in [0, 0.1) is 0 Å². The van der Waals surface area contributed by atoms with Gasteiger partial charge in [0.1, 0.15) is 0 Å². The van der Waals surface area contributed by atoms with Crippen molar-refractivity contribution in [2.75, 3.05) is 0 Å². The van der Waals surface area contributed by atoms with E-state index < -0.39 is 0 Å². The molecule has 330 valence electrons. The highest BCUT2D eigenvalue weighted by Gasteiger charge is 2.21. The summed E-state index contributed by atoms with van der Waals surface area (Å²) in [6, 6.07) is 96.0. The lowest BCUT2D eigenvalue weighted by Crippen LogP contribution is -1.93. The van der Waals surface area contributed by atoms with Gasteiger partial charge < -0.3 is 0 Å². The molecule has 16 rings (SSSR count). The minimum absolute atomic E-state index is 1.21. The average Bonchev–Trinajstić information content (AvgIpc) is 3.45. The Labute approximate surface area is 416 Å². The first-order chi connectivity index (χ1) is 35.7. The van der Waals surface area contributed by atoms with E-state index in [9.17, 15) is 0 Å². The van der Waals surface area contributed by atoms with Crippen molar-refractivity contribution >= 4 is 97.0 Å². The van der Waals surface area contributed by atoms with Gasteiger partial charge in [0.05, 0.1) is 0 Å². The van der Waals surface area contributed by atoms with Crippen LogP contribution in [0.5, 0.6) is 0 Å². The van der Waals surface area contributed by atoms with Crippen LogP contribution in [0.4, 0.5) is 0 Å². The summed E-state index contributed by atoms with van der Waals surface area (Å²) in [6.07, 6.45) is 0. The molecule has 0 heteroatoms. The lowest BCUT2D eigenvalue weighted by atomic mass is 9.83. The van der Waals surface area contributed by atoms with E-state index in [0.717, 1.165) is 0 Å². The van der Waals surface area contributed by atoms with Gasteiger partial charge in [-0.15, -0.1) is 0 Å². The average molecular weight is 907 g/mol. The third kappa shape index (κ3) is 5.69. The lowest BCUT2D eigenvalue weighted by molar-refractivity contribution is 1.62. The summed E-state index contributed by atoms with van der Waals surface area (Å²) in [7, 11) is 0. The summed E-state index contributed by atoms with van der Waals surface area (Å²) in [5, 5.41) is 23.2. The van der Waals surface area contributed by atoms with Crippen LogP contribution in [0.3, 0.4) is 0 Å². The van der Waals surface area contributed by atoms with Crippen LogP contribution in [0.25, 0.3) is 164 Å². The molecule has 0 atom stereocenters. The van der Waals surface area contributed by atoms with Crippen molar-refractivity contribution in [2.24, 2.45) is 0 Å². The number of benzene rings is 16. The molecular weight excluding hydrogens is 865 g/mol. The Balaban J connectivity index is 0.984. The highest BCUT2D eigenvalue weighted by atomic mass is 14.2. The molecule has 0 spiro atoms. The molecule has 0 radical (unpaired) electrons. The predicted octanol–water partition coefficient (Wildman–Crippen LogP) is 20.4. The van der Waals surface area contributed by atoms with Crippen LogP contribution in [0.1, 0.15) is 0 Å². The molecule has 0 bridgehead atoms. The van der Waals surface area contributed by atoms with Crippen molar-refractivity contribution in [1.82, 2.24) is 0 Å². The standard InChI is InChI=1S/C72H42/c1-4-11-43(12-5-1)55-29-19-47-26-37-64-58(31-21-49-24-35-61(55)68(47)70(49)64)52-39-53(59-32-22-50-25-36-62-56(44-13-6-2-7-14-44)30-20-48-27-38-65(59)71(50)69(48)62)41-54(40-52)66-42-51-28-33-57(45-15-8-3-9-16-45)63-34-23-46-17-10-18-60(66)67(46)72(51)63/h1-42H. The molecule has 0 heterocycles. The Hall–Kier alpha value is -9.36. The summed E-state index contributed by atoms with van der Waals surface area (Å²) in [5.41, 5.74) is 14.8. The lowest BCUT2D eigenvalue weighted by Gasteiger charge is -2.20. The smallest absolute Gasteiger partial charge is 0.00201 e. The first-order valence-corrected chi connectivity index (χ1v) is 25.1. The molecular formula is C72H42. The van der Waals surface area contributed by atoms with Crippen molar-refractivity contribution in [1.29, 1.82) is 0 Å². The number of hydrogen-bond acceptors (Lipinski definition) is 0. The predicted molar refractivity (Wildman–Crippen MR) is 310 cm³/mol. The molecule has 0 aromatic heterocycles. The zero-order chi connectivity index (χ0) is 47.0. The Morgan fingerprint density at radius 3 is 0.764 bits per heavy atom. The highest BCUT2D eigenvalue weighted by molar-refractivity contribution is 6.31. The summed E-state index contributed by atoms with van der Waals surface area (Å²) in [4.78, 5) is 0. The summed E-state index contributed by atoms with van der Waals surface area (Å²) in [6.45, 7) is 0. The zero-order valence-electron chi connectivity index (χ0n) is 39.2. The van der Waals surface area contributed by atoms with Crippen LogP contribution in [0.15, 0.2) is 255 Å². The third-order valence-corrected chi connectivity index (χ3v) is 16.1.